The van der Waals surface area contributed by atoms with Crippen molar-refractivity contribution in [2.24, 2.45) is 0 Å². The molecule has 0 aliphatic heterocycles. The van der Waals surface area contributed by atoms with E-state index in [0.717, 1.165) is 38.3 Å². The molecule has 0 unspecified atom stereocenters. The van der Waals surface area contributed by atoms with Crippen LogP contribution in [0.5, 0.6) is 0 Å². The van der Waals surface area contributed by atoms with Crippen molar-refractivity contribution in [3.63, 3.8) is 0 Å². The number of fused-ring (bicyclic) bond motifs is 6. The summed E-state index contributed by atoms with van der Waals surface area (Å²) >= 11 is 0. The number of hydrogen-bond donors (Lipinski definition) is 0. The number of hydrogen-bond acceptors (Lipinski definition) is 1. The van der Waals surface area contributed by atoms with Crippen molar-refractivity contribution in [1.82, 2.24) is 0 Å². The average Bonchev–Trinajstić information content (AvgIpc) is 3.46. The molecule has 0 saturated heterocycles. The van der Waals surface area contributed by atoms with E-state index in [1.807, 2.05) is 24.3 Å². The molecule has 0 radical (unpaired) electrons. The first kappa shape index (κ1) is 23.0. The van der Waals surface area contributed by atoms with Crippen LogP contribution < -0.4 is 0 Å². The molecule has 9 aromatic rings. The lowest BCUT2D eigenvalue weighted by Gasteiger charge is -2.18. The molecule has 9 rings (SSSR count). The van der Waals surface area contributed by atoms with E-state index in [0.29, 0.717) is 6.04 Å². The number of rotatable bonds is 3. The molecule has 0 spiro atoms. The van der Waals surface area contributed by atoms with E-state index in [2.05, 4.69) is 127 Å². The Bertz CT molecular complexity index is 2500. The highest BCUT2D eigenvalue weighted by Gasteiger charge is 2.20. The third-order valence-electron chi connectivity index (χ3n) is 8.78. The molecule has 0 saturated carbocycles. The van der Waals surface area contributed by atoms with Crippen LogP contribution in [-0.4, -0.2) is 0 Å². The van der Waals surface area contributed by atoms with Gasteiger partial charge < -0.3 is 4.42 Å². The van der Waals surface area contributed by atoms with Gasteiger partial charge in [0.25, 0.3) is 0 Å². The maximum Gasteiger partial charge on any atom is 0.136 e. The van der Waals surface area contributed by atoms with Crippen LogP contribution in [0.2, 0.25) is 0 Å². The first-order chi connectivity index (χ1) is 21.7. The third-order valence-corrected chi connectivity index (χ3v) is 8.78. The Balaban J connectivity index is 1.35. The molecule has 0 aliphatic rings. The topological polar surface area (TPSA) is 13.1 Å². The van der Waals surface area contributed by atoms with Gasteiger partial charge in [0.05, 0.1) is 1.37 Å². The second kappa shape index (κ2) is 9.44. The summed E-state index contributed by atoms with van der Waals surface area (Å²) in [5.41, 5.74) is 8.91. The van der Waals surface area contributed by atoms with Gasteiger partial charge in [0.1, 0.15) is 11.2 Å². The molecule has 43 heavy (non-hydrogen) atoms. The van der Waals surface area contributed by atoms with Gasteiger partial charge in [-0.2, -0.15) is 0 Å². The zero-order valence-electron chi connectivity index (χ0n) is 24.3. The van der Waals surface area contributed by atoms with Gasteiger partial charge in [0, 0.05) is 10.8 Å². The van der Waals surface area contributed by atoms with Gasteiger partial charge in [-0.1, -0.05) is 133 Å². The van der Waals surface area contributed by atoms with Gasteiger partial charge in [0.2, 0.25) is 0 Å². The summed E-state index contributed by atoms with van der Waals surface area (Å²) in [6.07, 6.45) is 0. The second-order valence-electron chi connectivity index (χ2n) is 11.2. The van der Waals surface area contributed by atoms with E-state index in [1.54, 1.807) is 0 Å². The summed E-state index contributed by atoms with van der Waals surface area (Å²) in [6, 6.07) is 54.0. The van der Waals surface area contributed by atoms with Crippen molar-refractivity contribution in [3.05, 3.63) is 158 Å². The third kappa shape index (κ3) is 3.72. The summed E-state index contributed by atoms with van der Waals surface area (Å²) in [6.45, 7) is 0. The maximum atomic E-state index is 8.06. The van der Waals surface area contributed by atoms with E-state index < -0.39 is 0 Å². The van der Waals surface area contributed by atoms with Crippen LogP contribution in [0.1, 0.15) is 1.37 Å². The van der Waals surface area contributed by atoms with Crippen molar-refractivity contribution in [1.29, 1.82) is 0 Å². The Morgan fingerprint density at radius 1 is 0.395 bits per heavy atom. The lowest BCUT2D eigenvalue weighted by Crippen LogP contribution is -1.91. The first-order valence-corrected chi connectivity index (χ1v) is 14.7. The summed E-state index contributed by atoms with van der Waals surface area (Å²) < 4.78 is 14.6. The number of benzene rings is 8. The monoisotopic (exact) mass is 547 g/mol. The van der Waals surface area contributed by atoms with Crippen LogP contribution in [0, 0.1) is 0 Å². The smallest absolute Gasteiger partial charge is 0.136 e. The fraction of sp³-hybridized carbons (Fsp3) is 0. The number of furan rings is 1. The molecule has 0 bridgehead atoms. The predicted molar refractivity (Wildman–Crippen MR) is 183 cm³/mol. The van der Waals surface area contributed by atoms with Crippen molar-refractivity contribution in [3.8, 4) is 33.4 Å². The molecule has 0 amide bonds. The molecule has 0 N–H and O–H groups in total. The minimum atomic E-state index is 0.530. The normalized spacial score (nSPS) is 12.0. The molecule has 1 heteroatoms. The van der Waals surface area contributed by atoms with Crippen LogP contribution in [-0.2, 0) is 0 Å². The molecule has 0 fully saturated rings. The van der Waals surface area contributed by atoms with Crippen LogP contribution in [0.15, 0.2) is 162 Å². The lowest BCUT2D eigenvalue weighted by atomic mass is 9.84. The van der Waals surface area contributed by atoms with Crippen molar-refractivity contribution in [2.45, 2.75) is 0 Å². The Hall–Kier alpha value is -5.66. The zero-order chi connectivity index (χ0) is 29.2. The summed E-state index contributed by atoms with van der Waals surface area (Å²) in [5, 5.41) is 9.34. The van der Waals surface area contributed by atoms with Crippen LogP contribution in [0.25, 0.3) is 87.6 Å². The van der Waals surface area contributed by atoms with Gasteiger partial charge >= 0.3 is 0 Å². The summed E-state index contributed by atoms with van der Waals surface area (Å²) in [4.78, 5) is 0. The molecule has 200 valence electrons. The van der Waals surface area contributed by atoms with Crippen molar-refractivity contribution < 1.29 is 5.79 Å². The van der Waals surface area contributed by atoms with E-state index in [-0.39, 0.29) is 0 Å². The molecular formula is C42H26O. The van der Waals surface area contributed by atoms with Crippen LogP contribution in [0.4, 0.5) is 0 Å². The summed E-state index contributed by atoms with van der Waals surface area (Å²) in [5.74, 6) is 0. The molecule has 8 aromatic carbocycles. The minimum Gasteiger partial charge on any atom is -0.456 e. The predicted octanol–water partition coefficient (Wildman–Crippen LogP) is 12.0. The fourth-order valence-electron chi connectivity index (χ4n) is 6.86. The quantitative estimate of drug-likeness (QED) is 0.201. The SMILES string of the molecule is [2H]c1ccc2cc(-c3c4ccccc4c(-c4cccc5oc6cc(-c7ccccc7)ccc6c45)c4ccccc34)ccc2c1. The van der Waals surface area contributed by atoms with E-state index in [1.165, 1.54) is 49.4 Å². The lowest BCUT2D eigenvalue weighted by molar-refractivity contribution is 0.669. The van der Waals surface area contributed by atoms with E-state index in [4.69, 9.17) is 5.79 Å². The highest BCUT2D eigenvalue weighted by Crippen LogP contribution is 2.47. The van der Waals surface area contributed by atoms with Crippen molar-refractivity contribution >= 4 is 54.3 Å². The first-order valence-electron chi connectivity index (χ1n) is 15.2. The molecular weight excluding hydrogens is 520 g/mol. The Labute approximate surface area is 250 Å². The molecule has 1 heterocycles. The molecule has 0 aliphatic carbocycles. The largest absolute Gasteiger partial charge is 0.456 e. The molecule has 1 nitrogen and oxygen atoms in total. The van der Waals surface area contributed by atoms with Crippen LogP contribution in [0.3, 0.4) is 0 Å². The van der Waals surface area contributed by atoms with E-state index >= 15 is 0 Å². The Morgan fingerprint density at radius 2 is 1.09 bits per heavy atom. The van der Waals surface area contributed by atoms with Crippen LogP contribution >= 0.6 is 0 Å². The molecule has 1 aromatic heterocycles. The van der Waals surface area contributed by atoms with Gasteiger partial charge in [0.15, 0.2) is 0 Å². The van der Waals surface area contributed by atoms with Gasteiger partial charge in [-0.25, -0.2) is 0 Å². The van der Waals surface area contributed by atoms with Crippen molar-refractivity contribution in [2.75, 3.05) is 0 Å². The van der Waals surface area contributed by atoms with Gasteiger partial charge in [-0.15, -0.1) is 0 Å². The summed E-state index contributed by atoms with van der Waals surface area (Å²) in [7, 11) is 0. The highest BCUT2D eigenvalue weighted by molar-refractivity contribution is 6.25. The Kier molecular flexibility index (Phi) is 5.04. The van der Waals surface area contributed by atoms with Gasteiger partial charge in [-0.3, -0.25) is 0 Å². The maximum absolute atomic E-state index is 8.06. The zero-order valence-corrected chi connectivity index (χ0v) is 23.3. The Morgan fingerprint density at radius 3 is 1.86 bits per heavy atom. The van der Waals surface area contributed by atoms with E-state index in [9.17, 15) is 0 Å². The standard InChI is InChI=1S/C42H26O/c1-2-11-27(12-3-1)30-23-24-36-39(26-30)43-38-20-10-19-37(42(36)38)41-34-17-8-6-15-32(34)40(33-16-7-9-18-35(33)41)31-22-21-28-13-4-5-14-29(28)25-31/h1-26H/i4D. The fourth-order valence-corrected chi connectivity index (χ4v) is 6.86. The second-order valence-corrected chi connectivity index (χ2v) is 11.2. The molecule has 0 atom stereocenters. The minimum absolute atomic E-state index is 0.530. The average molecular weight is 548 g/mol. The highest BCUT2D eigenvalue weighted by atomic mass is 16.3. The van der Waals surface area contributed by atoms with Gasteiger partial charge in [-0.05, 0) is 90.0 Å².